The third-order valence-corrected chi connectivity index (χ3v) is 6.59. The predicted molar refractivity (Wildman–Crippen MR) is 85.6 cm³/mol. The Labute approximate surface area is 127 Å². The van der Waals surface area contributed by atoms with Crippen LogP contribution in [0.25, 0.3) is 0 Å². The third-order valence-electron chi connectivity index (χ3n) is 3.44. The van der Waals surface area contributed by atoms with Gasteiger partial charge in [-0.25, -0.2) is 8.42 Å². The van der Waals surface area contributed by atoms with Crippen LogP contribution in [0.5, 0.6) is 0 Å². The molecule has 1 rings (SSSR count). The molecule has 4 nitrogen and oxygen atoms in total. The highest BCUT2D eigenvalue weighted by Gasteiger charge is 2.30. The second-order valence-corrected chi connectivity index (χ2v) is 7.82. The van der Waals surface area contributed by atoms with Gasteiger partial charge >= 0.3 is 0 Å². The van der Waals surface area contributed by atoms with Crippen LogP contribution in [0.1, 0.15) is 44.9 Å². The van der Waals surface area contributed by atoms with Crippen molar-refractivity contribution in [3.05, 3.63) is 16.3 Å². The molecule has 0 saturated carbocycles. The van der Waals surface area contributed by atoms with Crippen LogP contribution in [0.2, 0.25) is 0 Å². The van der Waals surface area contributed by atoms with E-state index in [9.17, 15) is 8.42 Å². The molecule has 0 aliphatic heterocycles. The number of hydrogen-bond donors (Lipinski definition) is 1. The minimum atomic E-state index is -3.39. The van der Waals surface area contributed by atoms with Crippen molar-refractivity contribution in [1.29, 1.82) is 0 Å². The van der Waals surface area contributed by atoms with Gasteiger partial charge in [0.15, 0.2) is 0 Å². The Hall–Kier alpha value is -0.430. The second kappa shape index (κ2) is 8.12. The lowest BCUT2D eigenvalue weighted by molar-refractivity contribution is 0.324. The zero-order chi connectivity index (χ0) is 15.2. The van der Waals surface area contributed by atoms with E-state index >= 15 is 0 Å². The maximum Gasteiger partial charge on any atom is 0.244 e. The second-order valence-electron chi connectivity index (χ2n) is 4.96. The Morgan fingerprint density at radius 1 is 1.40 bits per heavy atom. The summed E-state index contributed by atoms with van der Waals surface area (Å²) in [5.41, 5.74) is 0. The molecule has 1 aromatic heterocycles. The van der Waals surface area contributed by atoms with Crippen LogP contribution in [0.3, 0.4) is 0 Å². The van der Waals surface area contributed by atoms with Crippen LogP contribution >= 0.6 is 11.3 Å². The molecule has 0 aliphatic rings. The number of nitrogens with one attached hydrogen (secondary N) is 1. The van der Waals surface area contributed by atoms with Crippen molar-refractivity contribution in [3.63, 3.8) is 0 Å². The van der Waals surface area contributed by atoms with Gasteiger partial charge in [-0.3, -0.25) is 0 Å². The molecule has 0 spiro atoms. The van der Waals surface area contributed by atoms with E-state index in [1.165, 1.54) is 11.3 Å². The highest BCUT2D eigenvalue weighted by atomic mass is 32.2. The minimum absolute atomic E-state index is 0.0360. The van der Waals surface area contributed by atoms with Gasteiger partial charge in [-0.05, 0) is 38.3 Å². The van der Waals surface area contributed by atoms with Gasteiger partial charge in [0.05, 0.1) is 4.90 Å². The molecule has 0 fully saturated rings. The van der Waals surface area contributed by atoms with Gasteiger partial charge < -0.3 is 5.32 Å². The maximum absolute atomic E-state index is 12.9. The first kappa shape index (κ1) is 17.6. The van der Waals surface area contributed by atoms with E-state index in [0.717, 1.165) is 24.1 Å². The number of hydrogen-bond acceptors (Lipinski definition) is 4. The minimum Gasteiger partial charge on any atom is -0.315 e. The molecule has 1 heterocycles. The lowest BCUT2D eigenvalue weighted by Crippen LogP contribution is -2.39. The standard InChI is InChI=1S/C14H26N2O2S2/c1-5-7-9-16(12(3)6-2)20(17,18)14-8-10-19-13(14)11-15-4/h8,10,12,15H,5-7,9,11H2,1-4H3. The first-order valence-corrected chi connectivity index (χ1v) is 9.53. The fourth-order valence-electron chi connectivity index (χ4n) is 2.07. The molecule has 0 saturated heterocycles. The van der Waals surface area contributed by atoms with Gasteiger partial charge in [-0.2, -0.15) is 4.31 Å². The van der Waals surface area contributed by atoms with Crippen LogP contribution in [0, 0.1) is 0 Å². The lowest BCUT2D eigenvalue weighted by atomic mass is 10.2. The predicted octanol–water partition coefficient (Wildman–Crippen LogP) is 3.06. The summed E-state index contributed by atoms with van der Waals surface area (Å²) in [7, 11) is -1.56. The Bertz CT molecular complexity index is 497. The van der Waals surface area contributed by atoms with E-state index < -0.39 is 10.0 Å². The SMILES string of the molecule is CCCCN(C(C)CC)S(=O)(=O)c1ccsc1CNC. The number of rotatable bonds is 9. The van der Waals surface area contributed by atoms with E-state index in [4.69, 9.17) is 0 Å². The Kier molecular flexibility index (Phi) is 7.15. The Morgan fingerprint density at radius 3 is 2.65 bits per heavy atom. The first-order valence-electron chi connectivity index (χ1n) is 7.21. The molecule has 1 atom stereocenters. The van der Waals surface area contributed by atoms with E-state index in [1.54, 1.807) is 10.4 Å². The van der Waals surface area contributed by atoms with Crippen LogP contribution in [0.15, 0.2) is 16.3 Å². The van der Waals surface area contributed by atoms with Crippen LogP contribution in [0.4, 0.5) is 0 Å². The van der Waals surface area contributed by atoms with Crippen molar-refractivity contribution >= 4 is 21.4 Å². The van der Waals surface area contributed by atoms with Gasteiger partial charge in [-0.1, -0.05) is 20.3 Å². The van der Waals surface area contributed by atoms with Crippen LogP contribution < -0.4 is 5.32 Å². The highest BCUT2D eigenvalue weighted by Crippen LogP contribution is 2.27. The summed E-state index contributed by atoms with van der Waals surface area (Å²) in [6.07, 6.45) is 2.72. The smallest absolute Gasteiger partial charge is 0.244 e. The first-order chi connectivity index (χ1) is 9.48. The van der Waals surface area contributed by atoms with Crippen LogP contribution in [-0.2, 0) is 16.6 Å². The fraction of sp³-hybridized carbons (Fsp3) is 0.714. The molecule has 1 N–H and O–H groups in total. The monoisotopic (exact) mass is 318 g/mol. The molecule has 0 aromatic carbocycles. The van der Waals surface area contributed by atoms with E-state index in [1.807, 2.05) is 26.3 Å². The molecule has 1 aromatic rings. The molecular formula is C14H26N2O2S2. The van der Waals surface area contributed by atoms with Gasteiger partial charge in [0.1, 0.15) is 0 Å². The van der Waals surface area contributed by atoms with E-state index in [2.05, 4.69) is 12.2 Å². The van der Waals surface area contributed by atoms with Crippen LogP contribution in [-0.4, -0.2) is 32.4 Å². The summed E-state index contributed by atoms with van der Waals surface area (Å²) in [4.78, 5) is 1.35. The lowest BCUT2D eigenvalue weighted by Gasteiger charge is -2.27. The average Bonchev–Trinajstić information content (AvgIpc) is 2.88. The zero-order valence-corrected chi connectivity index (χ0v) is 14.5. The fourth-order valence-corrected chi connectivity index (χ4v) is 5.24. The van der Waals surface area contributed by atoms with E-state index in [0.29, 0.717) is 18.0 Å². The summed E-state index contributed by atoms with van der Waals surface area (Å²) in [5.74, 6) is 0. The van der Waals surface area contributed by atoms with Crippen molar-refractivity contribution in [2.75, 3.05) is 13.6 Å². The quantitative estimate of drug-likeness (QED) is 0.761. The van der Waals surface area contributed by atoms with Crippen molar-refractivity contribution in [3.8, 4) is 0 Å². The largest absolute Gasteiger partial charge is 0.315 e. The normalized spacial score (nSPS) is 13.8. The molecule has 0 radical (unpaired) electrons. The molecule has 20 heavy (non-hydrogen) atoms. The molecule has 0 bridgehead atoms. The highest BCUT2D eigenvalue weighted by molar-refractivity contribution is 7.89. The van der Waals surface area contributed by atoms with Gasteiger partial charge in [0.25, 0.3) is 0 Å². The van der Waals surface area contributed by atoms with Gasteiger partial charge in [0.2, 0.25) is 10.0 Å². The molecule has 0 aliphatic carbocycles. The van der Waals surface area contributed by atoms with E-state index in [-0.39, 0.29) is 6.04 Å². The third kappa shape index (κ3) is 4.04. The number of unbranched alkanes of at least 4 members (excludes halogenated alkanes) is 1. The van der Waals surface area contributed by atoms with Crippen molar-refractivity contribution in [2.45, 2.75) is 57.5 Å². The number of thiophene rings is 1. The molecule has 116 valence electrons. The Balaban J connectivity index is 3.11. The van der Waals surface area contributed by atoms with Gasteiger partial charge in [0, 0.05) is 24.0 Å². The number of nitrogens with zero attached hydrogens (tertiary/aromatic N) is 1. The Morgan fingerprint density at radius 2 is 2.10 bits per heavy atom. The molecule has 0 amide bonds. The van der Waals surface area contributed by atoms with Crippen molar-refractivity contribution < 1.29 is 8.42 Å². The summed E-state index contributed by atoms with van der Waals surface area (Å²) in [6.45, 7) is 7.29. The summed E-state index contributed by atoms with van der Waals surface area (Å²) >= 11 is 1.49. The summed E-state index contributed by atoms with van der Waals surface area (Å²) in [6, 6.07) is 1.77. The van der Waals surface area contributed by atoms with Crippen molar-refractivity contribution in [2.24, 2.45) is 0 Å². The molecule has 1 unspecified atom stereocenters. The number of sulfonamides is 1. The molecular weight excluding hydrogens is 292 g/mol. The van der Waals surface area contributed by atoms with Crippen molar-refractivity contribution in [1.82, 2.24) is 9.62 Å². The van der Waals surface area contributed by atoms with Gasteiger partial charge in [-0.15, -0.1) is 11.3 Å². The maximum atomic E-state index is 12.9. The summed E-state index contributed by atoms with van der Waals surface area (Å²) in [5, 5.41) is 4.89. The molecule has 6 heteroatoms. The summed E-state index contributed by atoms with van der Waals surface area (Å²) < 4.78 is 27.5. The topological polar surface area (TPSA) is 49.4 Å². The zero-order valence-electron chi connectivity index (χ0n) is 12.8. The average molecular weight is 319 g/mol.